The third-order valence-corrected chi connectivity index (χ3v) is 5.81. The molecule has 2 aromatic carbocycles. The van der Waals surface area contributed by atoms with Gasteiger partial charge in [-0.25, -0.2) is 12.8 Å². The third-order valence-electron chi connectivity index (χ3n) is 4.02. The molecular weight excluding hydrogens is 409 g/mol. The summed E-state index contributed by atoms with van der Waals surface area (Å²) in [6, 6.07) is 9.68. The van der Waals surface area contributed by atoms with E-state index in [-0.39, 0.29) is 5.82 Å². The summed E-state index contributed by atoms with van der Waals surface area (Å²) in [4.78, 5) is 0. The first-order valence-corrected chi connectivity index (χ1v) is 9.57. The van der Waals surface area contributed by atoms with E-state index >= 15 is 0 Å². The fourth-order valence-corrected chi connectivity index (χ4v) is 3.79. The van der Waals surface area contributed by atoms with Crippen LogP contribution >= 0.6 is 15.9 Å². The summed E-state index contributed by atoms with van der Waals surface area (Å²) in [5.41, 5.74) is 3.25. The Kier molecular flexibility index (Phi) is 4.64. The molecule has 2 aromatic rings. The fraction of sp³-hybridized carbons (Fsp3) is 0.222. The van der Waals surface area contributed by atoms with Gasteiger partial charge in [0, 0.05) is 21.7 Å². The van der Waals surface area contributed by atoms with Crippen LogP contribution in [0.3, 0.4) is 0 Å². The Hall–Kier alpha value is -1.86. The average molecular weight is 426 g/mol. The molecule has 0 radical (unpaired) electrons. The molecule has 0 aliphatic carbocycles. The lowest BCUT2D eigenvalue weighted by Gasteiger charge is -2.35. The van der Waals surface area contributed by atoms with Crippen molar-refractivity contribution in [3.63, 3.8) is 0 Å². The van der Waals surface area contributed by atoms with Crippen LogP contribution in [0.5, 0.6) is 5.75 Å². The van der Waals surface area contributed by atoms with Crippen molar-refractivity contribution in [3.8, 4) is 5.75 Å². The van der Waals surface area contributed by atoms with Crippen LogP contribution in [-0.2, 0) is 10.9 Å². The molecule has 1 aliphatic heterocycles. The first kappa shape index (κ1) is 17.9. The van der Waals surface area contributed by atoms with Crippen molar-refractivity contribution < 1.29 is 17.5 Å². The molecule has 0 spiro atoms. The molecule has 4 nitrogen and oxygen atoms in total. The monoisotopic (exact) mass is 425 g/mol. The summed E-state index contributed by atoms with van der Waals surface area (Å²) < 4.78 is 44.6. The first-order valence-electron chi connectivity index (χ1n) is 7.60. The topological polar surface area (TPSA) is 55.4 Å². The highest BCUT2D eigenvalue weighted by Crippen LogP contribution is 2.48. The van der Waals surface area contributed by atoms with Gasteiger partial charge >= 0.3 is 0 Å². The maximum absolute atomic E-state index is 13.3. The molecule has 0 saturated carbocycles. The number of hydrogen-bond acceptors (Lipinski definition) is 3. The second kappa shape index (κ2) is 6.46. The lowest BCUT2D eigenvalue weighted by molar-refractivity contribution is 0.155. The Morgan fingerprint density at radius 1 is 1.16 bits per heavy atom. The number of fused-ring (bicyclic) bond motifs is 1. The molecule has 25 heavy (non-hydrogen) atoms. The van der Waals surface area contributed by atoms with Crippen LogP contribution in [0.15, 0.2) is 40.9 Å². The molecular formula is C18H17BrFNO3S. The molecule has 1 heterocycles. The van der Waals surface area contributed by atoms with Crippen LogP contribution in [0.25, 0.3) is 5.57 Å². The van der Waals surface area contributed by atoms with Crippen molar-refractivity contribution in [1.82, 2.24) is 0 Å². The zero-order valence-electron chi connectivity index (χ0n) is 13.9. The van der Waals surface area contributed by atoms with E-state index in [1.165, 1.54) is 12.1 Å². The van der Waals surface area contributed by atoms with Gasteiger partial charge in [-0.1, -0.05) is 28.1 Å². The number of aryl methyl sites for hydroxylation is 1. The van der Waals surface area contributed by atoms with Crippen LogP contribution in [0, 0.1) is 12.7 Å². The minimum absolute atomic E-state index is 0.303. The van der Waals surface area contributed by atoms with Crippen LogP contribution < -0.4 is 9.46 Å². The van der Waals surface area contributed by atoms with Crippen molar-refractivity contribution in [2.75, 3.05) is 4.72 Å². The number of hydrogen-bond donors (Lipinski definition) is 2. The van der Waals surface area contributed by atoms with Crippen molar-refractivity contribution >= 4 is 38.1 Å². The highest BCUT2D eigenvalue weighted by Gasteiger charge is 2.35. The van der Waals surface area contributed by atoms with E-state index in [0.717, 1.165) is 26.7 Å². The largest absolute Gasteiger partial charge is 0.482 e. The summed E-state index contributed by atoms with van der Waals surface area (Å²) in [6.45, 7) is 5.70. The number of thiol groups is 1. The number of anilines is 1. The van der Waals surface area contributed by atoms with Gasteiger partial charge in [0.2, 0.25) is 10.9 Å². The summed E-state index contributed by atoms with van der Waals surface area (Å²) in [7, 11) is -2.76. The van der Waals surface area contributed by atoms with Crippen LogP contribution in [-0.4, -0.2) is 14.0 Å². The van der Waals surface area contributed by atoms with Crippen LogP contribution in [0.2, 0.25) is 0 Å². The summed E-state index contributed by atoms with van der Waals surface area (Å²) in [5.74, 6) is 0.273. The minimum atomic E-state index is -2.76. The van der Waals surface area contributed by atoms with Gasteiger partial charge in [-0.2, -0.15) is 0 Å². The predicted molar refractivity (Wildman–Crippen MR) is 101 cm³/mol. The quantitative estimate of drug-likeness (QED) is 0.716. The van der Waals surface area contributed by atoms with E-state index in [1.807, 2.05) is 20.8 Å². The molecule has 132 valence electrons. The number of ether oxygens (including phenoxy) is 1. The maximum atomic E-state index is 13.3. The number of halogens is 2. The molecule has 0 amide bonds. The number of nitrogens with one attached hydrogen (secondary N) is 1. The van der Waals surface area contributed by atoms with Gasteiger partial charge in [-0.05, 0) is 50.1 Å². The predicted octanol–water partition coefficient (Wildman–Crippen LogP) is 4.40. The third kappa shape index (κ3) is 3.43. The second-order valence-corrected chi connectivity index (χ2v) is 7.87. The van der Waals surface area contributed by atoms with Crippen LogP contribution in [0.4, 0.5) is 10.1 Å². The van der Waals surface area contributed by atoms with Crippen molar-refractivity contribution in [2.24, 2.45) is 0 Å². The molecule has 0 aromatic heterocycles. The zero-order valence-corrected chi connectivity index (χ0v) is 16.4. The molecule has 7 heteroatoms. The molecule has 0 saturated heterocycles. The maximum Gasteiger partial charge on any atom is 0.222 e. The smallest absolute Gasteiger partial charge is 0.222 e. The second-order valence-electron chi connectivity index (χ2n) is 6.34. The molecule has 0 atom stereocenters. The summed E-state index contributed by atoms with van der Waals surface area (Å²) >= 11 is 3.64. The van der Waals surface area contributed by atoms with E-state index < -0.39 is 16.5 Å². The van der Waals surface area contributed by atoms with E-state index in [1.54, 1.807) is 24.3 Å². The van der Waals surface area contributed by atoms with Crippen LogP contribution in [0.1, 0.15) is 30.5 Å². The molecule has 1 aliphatic rings. The average Bonchev–Trinajstić information content (AvgIpc) is 2.49. The van der Waals surface area contributed by atoms with Gasteiger partial charge in [0.1, 0.15) is 17.2 Å². The molecule has 1 N–H and O–H groups in total. The normalized spacial score (nSPS) is 15.8. The van der Waals surface area contributed by atoms with Gasteiger partial charge < -0.3 is 4.74 Å². The van der Waals surface area contributed by atoms with E-state index in [9.17, 15) is 12.8 Å². The highest BCUT2D eigenvalue weighted by atomic mass is 79.9. The van der Waals surface area contributed by atoms with Gasteiger partial charge in [0.05, 0.1) is 5.69 Å². The van der Waals surface area contributed by atoms with E-state index in [0.29, 0.717) is 11.4 Å². The molecule has 0 fully saturated rings. The Morgan fingerprint density at radius 2 is 1.80 bits per heavy atom. The first-order chi connectivity index (χ1) is 11.7. The molecule has 3 rings (SSSR count). The highest BCUT2D eigenvalue weighted by molar-refractivity contribution is 9.12. The zero-order chi connectivity index (χ0) is 18.4. The van der Waals surface area contributed by atoms with Gasteiger partial charge in [0.15, 0.2) is 0 Å². The van der Waals surface area contributed by atoms with Crippen molar-refractivity contribution in [3.05, 3.63) is 63.4 Å². The van der Waals surface area contributed by atoms with E-state index in [2.05, 4.69) is 20.7 Å². The number of benzene rings is 2. The molecule has 0 unspecified atom stereocenters. The summed E-state index contributed by atoms with van der Waals surface area (Å²) in [6.07, 6.45) is 0. The Morgan fingerprint density at radius 3 is 2.40 bits per heavy atom. The minimum Gasteiger partial charge on any atom is -0.482 e. The van der Waals surface area contributed by atoms with Gasteiger partial charge in [-0.15, -0.1) is 0 Å². The van der Waals surface area contributed by atoms with Crippen molar-refractivity contribution in [2.45, 2.75) is 26.4 Å². The fourth-order valence-electron chi connectivity index (χ4n) is 2.94. The lowest BCUT2D eigenvalue weighted by atomic mass is 9.87. The molecule has 0 bridgehead atoms. The van der Waals surface area contributed by atoms with Gasteiger partial charge in [0.25, 0.3) is 0 Å². The Balaban J connectivity index is 2.26. The Labute approximate surface area is 155 Å². The lowest BCUT2D eigenvalue weighted by Crippen LogP contribution is -2.33. The number of rotatable bonds is 3. The SMILES string of the molecule is Cc1cc(N[SH](=O)=O)cc2c1C(c1ccc(F)cc1)=C(Br)C(C)(C)O2. The van der Waals surface area contributed by atoms with Crippen molar-refractivity contribution in [1.29, 1.82) is 0 Å². The Bertz CT molecular complexity index is 942. The summed E-state index contributed by atoms with van der Waals surface area (Å²) in [5, 5.41) is 0. The van der Waals surface area contributed by atoms with E-state index in [4.69, 9.17) is 4.74 Å². The van der Waals surface area contributed by atoms with Gasteiger partial charge in [-0.3, -0.25) is 4.72 Å². The standard InChI is InChI=1S/C18H17BrFNO3S/c1-10-8-13(21-25(22)23)9-14-15(10)16(17(19)18(2,3)24-14)11-4-6-12(20)7-5-11/h4-9,25H,1-3H3,(H,21,22,23).